The van der Waals surface area contributed by atoms with Crippen molar-refractivity contribution in [3.63, 3.8) is 0 Å². The van der Waals surface area contributed by atoms with Crippen molar-refractivity contribution in [1.29, 1.82) is 0 Å². The summed E-state index contributed by atoms with van der Waals surface area (Å²) >= 11 is 5.27. The molecule has 0 aromatic heterocycles. The van der Waals surface area contributed by atoms with Crippen LogP contribution in [-0.2, 0) is 71.1 Å². The second-order valence-electron chi connectivity index (χ2n) is 17.9. The Morgan fingerprint density at radius 1 is 0.323 bits per heavy atom. The third kappa shape index (κ3) is 25.4. The van der Waals surface area contributed by atoms with Gasteiger partial charge in [0.05, 0.1) is 225 Å². The van der Waals surface area contributed by atoms with Gasteiger partial charge in [0.15, 0.2) is 0 Å². The molecule has 7 heterocycles. The van der Waals surface area contributed by atoms with Crippen LogP contribution < -0.4 is 29.6 Å². The Balaban J connectivity index is 0.000000391. The molecule has 7 rings (SSSR count). The molecule has 0 aromatic rings. The maximum absolute atomic E-state index is 9.03. The van der Waals surface area contributed by atoms with Gasteiger partial charge in [-0.3, -0.25) is 0 Å². The van der Waals surface area contributed by atoms with E-state index in [0.717, 1.165) is 46.2 Å². The largest absolute Gasteiger partial charge is 1.00 e. The Kier molecular flexibility index (Phi) is 29.1. The molecule has 7 aliphatic rings. The second kappa shape index (κ2) is 31.7. The fourth-order valence-corrected chi connectivity index (χ4v) is 5.80. The summed E-state index contributed by atoms with van der Waals surface area (Å²) in [6.07, 6.45) is 1.38. The molecule has 7 saturated heterocycles. The van der Waals surface area contributed by atoms with Crippen LogP contribution in [-0.4, -0.2) is 276 Å². The number of aliphatic hydroxyl groups is 6. The van der Waals surface area contributed by atoms with Gasteiger partial charge >= 0.3 is 29.6 Å². The third-order valence-corrected chi connectivity index (χ3v) is 11.3. The first-order valence-electron chi connectivity index (χ1n) is 21.8. The molecule has 7 aliphatic heterocycles. The molecule has 378 valence electrons. The van der Waals surface area contributed by atoms with Crippen LogP contribution in [0.25, 0.3) is 0 Å². The van der Waals surface area contributed by atoms with E-state index in [0.29, 0.717) is 104 Å². The Bertz CT molecular complexity index is 1010. The molecule has 0 aromatic carbocycles. The fourth-order valence-electron chi connectivity index (χ4n) is 5.63. The van der Waals surface area contributed by atoms with Gasteiger partial charge < -0.3 is 107 Å². The molecule has 24 heteroatoms. The Labute approximate surface area is 408 Å². The first-order chi connectivity index (χ1) is 30.7. The van der Waals surface area contributed by atoms with Gasteiger partial charge in [0.1, 0.15) is 36.6 Å². The zero-order valence-electron chi connectivity index (χ0n) is 37.9. The molecule has 0 aliphatic carbocycles. The van der Waals surface area contributed by atoms with Gasteiger partial charge in [-0.1, -0.05) is 0 Å². The number of rotatable bonds is 39. The molecule has 0 radical (unpaired) electrons. The van der Waals surface area contributed by atoms with Gasteiger partial charge in [-0.25, -0.2) is 0 Å². The summed E-state index contributed by atoms with van der Waals surface area (Å²) in [5, 5.41) is 54.2. The first-order valence-corrected chi connectivity index (χ1v) is 22.4. The van der Waals surface area contributed by atoms with E-state index >= 15 is 0 Å². The van der Waals surface area contributed by atoms with Crippen molar-refractivity contribution < 1.29 is 137 Å². The quantitative estimate of drug-likeness (QED) is 0.0190. The molecule has 7 unspecified atom stereocenters. The normalized spacial score (nSPS) is 27.3. The smallest absolute Gasteiger partial charge is 0.870 e. The van der Waals surface area contributed by atoms with Crippen molar-refractivity contribution in [1.82, 2.24) is 0 Å². The number of hydrogen-bond donors (Lipinski definition) is 6. The van der Waals surface area contributed by atoms with Crippen molar-refractivity contribution in [2.45, 2.75) is 42.7 Å². The van der Waals surface area contributed by atoms with E-state index in [9.17, 15) is 0 Å². The average Bonchev–Trinajstić information content (AvgIpc) is 4.10. The van der Waals surface area contributed by atoms with E-state index in [-0.39, 0.29) is 84.9 Å². The van der Waals surface area contributed by atoms with Crippen LogP contribution in [0.15, 0.2) is 0 Å². The average molecular weight is 977 g/mol. The molecule has 22 nitrogen and oxygen atoms in total. The molecular formula is C41H74ClNaO22. The molecule has 0 saturated carbocycles. The Morgan fingerprint density at radius 2 is 0.492 bits per heavy atom. The van der Waals surface area contributed by atoms with E-state index in [1.165, 1.54) is 0 Å². The van der Waals surface area contributed by atoms with Crippen LogP contribution in [0.1, 0.15) is 0 Å². The minimum atomic E-state index is -1.16. The number of alkyl halides is 1. The summed E-state index contributed by atoms with van der Waals surface area (Å²) in [5.41, 5.74) is -3.38. The number of ether oxygens (including phenoxy) is 15. The predicted molar refractivity (Wildman–Crippen MR) is 220 cm³/mol. The number of hydrogen-bond acceptors (Lipinski definition) is 22. The maximum atomic E-state index is 9.03. The molecule has 7 atom stereocenters. The summed E-state index contributed by atoms with van der Waals surface area (Å²) in [6, 6.07) is 0. The number of aliphatic hydroxyl groups excluding tert-OH is 6. The van der Waals surface area contributed by atoms with Gasteiger partial charge in [0.25, 0.3) is 0 Å². The topological polar surface area (TPSA) is 313 Å². The van der Waals surface area contributed by atoms with Crippen LogP contribution in [0.3, 0.4) is 0 Å². The minimum absolute atomic E-state index is 0. The number of epoxide rings is 7. The van der Waals surface area contributed by atoms with E-state index in [1.54, 1.807) is 0 Å². The Hall–Kier alpha value is 0.410. The maximum Gasteiger partial charge on any atom is 1.00 e. The molecule has 0 amide bonds. The van der Waals surface area contributed by atoms with Crippen LogP contribution in [0.5, 0.6) is 0 Å². The summed E-state index contributed by atoms with van der Waals surface area (Å²) in [6.45, 7) is 8.72. The Morgan fingerprint density at radius 3 is 0.631 bits per heavy atom. The van der Waals surface area contributed by atoms with Crippen molar-refractivity contribution in [2.75, 3.05) is 197 Å². The van der Waals surface area contributed by atoms with E-state index in [2.05, 4.69) is 0 Å². The summed E-state index contributed by atoms with van der Waals surface area (Å²) in [7, 11) is 0. The molecule has 7 N–H and O–H groups in total. The minimum Gasteiger partial charge on any atom is -0.870 e. The predicted octanol–water partition coefficient (Wildman–Crippen LogP) is -6.15. The molecule has 0 spiro atoms. The summed E-state index contributed by atoms with van der Waals surface area (Å²) in [5.74, 6) is 0.667. The fraction of sp³-hybridized carbons (Fsp3) is 1.00. The zero-order valence-corrected chi connectivity index (χ0v) is 40.6. The standard InChI is InChI=1S/C28H46O13.C10H22O7.C3H5ClO.Na.H2O/c1(21-7-36-21)29-13-27(14-30-2-22-8-37-22,15-31-3-23-9-38-23)19-35-20-28(16-32-4-24-10-39-24,17-33-5-25-11-40-25)18-34-6-26-12-41-26;11-1-9(2-12,3-13)7-17-8-10(4-14,5-15)6-16;4-1-3-2-5-3;;/h21-26H,1-20H2;11-16H,1-8H2;3H,1-2H2;;1H2/q;;;+1;/p-1. The molecule has 65 heavy (non-hydrogen) atoms. The van der Waals surface area contributed by atoms with E-state index in [4.69, 9.17) is 113 Å². The SMILES string of the molecule is C(OCC(COCC1CO1)(COCC1CO1)COCC(COCC1CO1)(COCC1CO1)COCC1CO1)C1CO1.ClCC1CO1.OCC(CO)(CO)COCC(CO)(CO)CO.[Na+].[OH-]. The van der Waals surface area contributed by atoms with E-state index in [1.807, 2.05) is 0 Å². The van der Waals surface area contributed by atoms with Gasteiger partial charge in [0, 0.05) is 0 Å². The first kappa shape index (κ1) is 59.7. The summed E-state index contributed by atoms with van der Waals surface area (Å²) in [4.78, 5) is 0. The monoisotopic (exact) mass is 976 g/mol. The van der Waals surface area contributed by atoms with Crippen LogP contribution in [0.2, 0.25) is 0 Å². The van der Waals surface area contributed by atoms with E-state index < -0.39 is 61.3 Å². The molecule has 7 fully saturated rings. The molecule has 0 bridgehead atoms. The van der Waals surface area contributed by atoms with Crippen molar-refractivity contribution in [3.8, 4) is 0 Å². The van der Waals surface area contributed by atoms with Gasteiger partial charge in [-0.2, -0.15) is 0 Å². The van der Waals surface area contributed by atoms with Crippen molar-refractivity contribution in [3.05, 3.63) is 0 Å². The van der Waals surface area contributed by atoms with Gasteiger partial charge in [-0.15, -0.1) is 11.6 Å². The zero-order chi connectivity index (χ0) is 44.9. The third-order valence-electron chi connectivity index (χ3n) is 10.9. The van der Waals surface area contributed by atoms with Gasteiger partial charge in [0.2, 0.25) is 0 Å². The second-order valence-corrected chi connectivity index (χ2v) is 18.2. The van der Waals surface area contributed by atoms with Crippen molar-refractivity contribution >= 4 is 11.6 Å². The van der Waals surface area contributed by atoms with Gasteiger partial charge in [-0.05, 0) is 0 Å². The van der Waals surface area contributed by atoms with Crippen LogP contribution in [0.4, 0.5) is 0 Å². The van der Waals surface area contributed by atoms with Crippen LogP contribution in [0, 0.1) is 21.7 Å². The molecular weight excluding hydrogens is 903 g/mol. The summed E-state index contributed by atoms with van der Waals surface area (Å²) < 4.78 is 85.1. The van der Waals surface area contributed by atoms with Crippen LogP contribution >= 0.6 is 11.6 Å². The van der Waals surface area contributed by atoms with Crippen molar-refractivity contribution in [2.24, 2.45) is 21.7 Å². The number of halogens is 1.